The minimum Gasteiger partial charge on any atom is -0.315 e. The van der Waals surface area contributed by atoms with Crippen molar-refractivity contribution in [1.82, 2.24) is 4.40 Å². The standard InChI is InChI=1S/C28H17N/c1-2-9-20-15-26-24(13-18(20)7-1)25-14-19-8-3-4-10-21(19)16-27(25)29-17-22-11-5-6-12-23(22)28(26)29/h1-17H. The summed E-state index contributed by atoms with van der Waals surface area (Å²) in [5.74, 6) is 0. The fraction of sp³-hybridized carbons (Fsp3) is 0. The highest BCUT2D eigenvalue weighted by Gasteiger charge is 2.14. The van der Waals surface area contributed by atoms with Gasteiger partial charge < -0.3 is 4.40 Å². The fourth-order valence-corrected chi connectivity index (χ4v) is 4.93. The first-order valence-corrected chi connectivity index (χ1v) is 10.0. The summed E-state index contributed by atoms with van der Waals surface area (Å²) >= 11 is 0. The monoisotopic (exact) mass is 367 g/mol. The molecule has 0 aliphatic heterocycles. The van der Waals surface area contributed by atoms with Gasteiger partial charge >= 0.3 is 0 Å². The average molecular weight is 367 g/mol. The lowest BCUT2D eigenvalue weighted by molar-refractivity contribution is 1.30. The lowest BCUT2D eigenvalue weighted by Crippen LogP contribution is -1.91. The SMILES string of the molecule is c1ccc2cc3c(cc2c1)c1cc2ccccc2cc1n1cc2ccccc2c31. The number of hydrogen-bond acceptors (Lipinski definition) is 0. The van der Waals surface area contributed by atoms with E-state index < -0.39 is 0 Å². The van der Waals surface area contributed by atoms with Gasteiger partial charge in [0, 0.05) is 27.7 Å². The van der Waals surface area contributed by atoms with Gasteiger partial charge in [-0.1, -0.05) is 72.8 Å². The zero-order valence-corrected chi connectivity index (χ0v) is 15.8. The normalized spacial score (nSPS) is 12.1. The van der Waals surface area contributed by atoms with E-state index in [1.807, 2.05) is 0 Å². The van der Waals surface area contributed by atoms with Crippen molar-refractivity contribution >= 4 is 59.5 Å². The Bertz CT molecular complexity index is 1750. The summed E-state index contributed by atoms with van der Waals surface area (Å²) in [6.07, 6.45) is 2.29. The average Bonchev–Trinajstić information content (AvgIpc) is 3.17. The lowest BCUT2D eigenvalue weighted by Gasteiger charge is -2.12. The van der Waals surface area contributed by atoms with Crippen LogP contribution in [0.15, 0.2) is 103 Å². The molecule has 2 aromatic heterocycles. The van der Waals surface area contributed by atoms with Gasteiger partial charge in [0.15, 0.2) is 0 Å². The highest BCUT2D eigenvalue weighted by atomic mass is 14.9. The molecule has 7 rings (SSSR count). The number of rotatable bonds is 0. The van der Waals surface area contributed by atoms with Crippen molar-refractivity contribution in [3.8, 4) is 0 Å². The van der Waals surface area contributed by atoms with Crippen molar-refractivity contribution in [3.05, 3.63) is 103 Å². The van der Waals surface area contributed by atoms with Crippen LogP contribution in [-0.4, -0.2) is 4.40 Å². The second kappa shape index (κ2) is 5.36. The van der Waals surface area contributed by atoms with Crippen molar-refractivity contribution < 1.29 is 0 Å². The van der Waals surface area contributed by atoms with E-state index in [9.17, 15) is 0 Å². The van der Waals surface area contributed by atoms with E-state index in [4.69, 9.17) is 0 Å². The maximum Gasteiger partial charge on any atom is 0.0613 e. The minimum atomic E-state index is 1.26. The Balaban J connectivity index is 1.86. The Hall–Kier alpha value is -3.84. The summed E-state index contributed by atoms with van der Waals surface area (Å²) in [5, 5.41) is 11.7. The summed E-state index contributed by atoms with van der Waals surface area (Å²) in [4.78, 5) is 0. The van der Waals surface area contributed by atoms with Crippen molar-refractivity contribution in [1.29, 1.82) is 0 Å². The molecule has 5 aromatic carbocycles. The molecule has 29 heavy (non-hydrogen) atoms. The molecule has 0 saturated carbocycles. The van der Waals surface area contributed by atoms with Crippen LogP contribution in [0.4, 0.5) is 0 Å². The number of nitrogens with zero attached hydrogens (tertiary/aromatic N) is 1. The topological polar surface area (TPSA) is 4.41 Å². The third-order valence-corrected chi connectivity index (χ3v) is 6.28. The molecule has 1 nitrogen and oxygen atoms in total. The highest BCUT2D eigenvalue weighted by Crippen LogP contribution is 2.38. The van der Waals surface area contributed by atoms with Crippen molar-refractivity contribution in [2.75, 3.05) is 0 Å². The molecule has 0 saturated heterocycles. The van der Waals surface area contributed by atoms with Gasteiger partial charge in [-0.3, -0.25) is 0 Å². The zero-order chi connectivity index (χ0) is 18.9. The van der Waals surface area contributed by atoms with Crippen LogP contribution in [-0.2, 0) is 0 Å². The first-order chi connectivity index (χ1) is 14.4. The molecule has 0 amide bonds. The van der Waals surface area contributed by atoms with Crippen LogP contribution < -0.4 is 0 Å². The Morgan fingerprint density at radius 3 is 1.62 bits per heavy atom. The molecule has 2 heterocycles. The van der Waals surface area contributed by atoms with Gasteiger partial charge in [-0.25, -0.2) is 0 Å². The molecule has 1 heteroatoms. The third-order valence-electron chi connectivity index (χ3n) is 6.28. The summed E-state index contributed by atoms with van der Waals surface area (Å²) < 4.78 is 2.39. The molecule has 0 aliphatic carbocycles. The molecule has 0 radical (unpaired) electrons. The largest absolute Gasteiger partial charge is 0.315 e. The van der Waals surface area contributed by atoms with Crippen LogP contribution in [0.25, 0.3) is 59.5 Å². The molecule has 0 aliphatic rings. The molecular weight excluding hydrogens is 350 g/mol. The molecule has 0 N–H and O–H groups in total. The highest BCUT2D eigenvalue weighted by molar-refractivity contribution is 6.23. The van der Waals surface area contributed by atoms with E-state index in [0.717, 1.165) is 0 Å². The van der Waals surface area contributed by atoms with Crippen LogP contribution in [0.1, 0.15) is 0 Å². The van der Waals surface area contributed by atoms with Crippen LogP contribution in [0.2, 0.25) is 0 Å². The zero-order valence-electron chi connectivity index (χ0n) is 15.8. The lowest BCUT2D eigenvalue weighted by atomic mass is 9.97. The molecule has 0 fully saturated rings. The van der Waals surface area contributed by atoms with E-state index in [0.29, 0.717) is 0 Å². The number of fused-ring (bicyclic) bond motifs is 10. The Morgan fingerprint density at radius 1 is 0.414 bits per heavy atom. The predicted molar refractivity (Wildman–Crippen MR) is 125 cm³/mol. The van der Waals surface area contributed by atoms with Gasteiger partial charge in [-0.2, -0.15) is 0 Å². The molecule has 0 bridgehead atoms. The minimum absolute atomic E-state index is 1.26. The second-order valence-corrected chi connectivity index (χ2v) is 7.90. The van der Waals surface area contributed by atoms with E-state index in [1.54, 1.807) is 0 Å². The smallest absolute Gasteiger partial charge is 0.0613 e. The molecule has 0 atom stereocenters. The molecule has 0 spiro atoms. The number of aromatic nitrogens is 1. The Kier molecular flexibility index (Phi) is 2.80. The molecule has 134 valence electrons. The summed E-state index contributed by atoms with van der Waals surface area (Å²) in [6, 6.07) is 35.4. The third kappa shape index (κ3) is 1.99. The first kappa shape index (κ1) is 15.1. The van der Waals surface area contributed by atoms with Gasteiger partial charge in [0.2, 0.25) is 0 Å². The van der Waals surface area contributed by atoms with Gasteiger partial charge in [-0.05, 0) is 51.2 Å². The maximum atomic E-state index is 2.39. The van der Waals surface area contributed by atoms with Gasteiger partial charge in [0.25, 0.3) is 0 Å². The van der Waals surface area contributed by atoms with E-state index in [-0.39, 0.29) is 0 Å². The Labute approximate surface area is 167 Å². The molecular formula is C28H17N. The van der Waals surface area contributed by atoms with Crippen molar-refractivity contribution in [2.45, 2.75) is 0 Å². The van der Waals surface area contributed by atoms with E-state index in [1.165, 1.54) is 59.5 Å². The van der Waals surface area contributed by atoms with Crippen LogP contribution >= 0.6 is 0 Å². The van der Waals surface area contributed by atoms with Crippen molar-refractivity contribution in [3.63, 3.8) is 0 Å². The second-order valence-electron chi connectivity index (χ2n) is 7.90. The first-order valence-electron chi connectivity index (χ1n) is 10.0. The van der Waals surface area contributed by atoms with Crippen LogP contribution in [0.5, 0.6) is 0 Å². The van der Waals surface area contributed by atoms with Gasteiger partial charge in [0.05, 0.1) is 11.0 Å². The molecule has 7 aromatic rings. The van der Waals surface area contributed by atoms with Gasteiger partial charge in [0.1, 0.15) is 0 Å². The maximum absolute atomic E-state index is 2.39. The number of benzene rings is 5. The molecule has 0 unspecified atom stereocenters. The van der Waals surface area contributed by atoms with Crippen molar-refractivity contribution in [2.24, 2.45) is 0 Å². The summed E-state index contributed by atoms with van der Waals surface area (Å²) in [7, 11) is 0. The summed E-state index contributed by atoms with van der Waals surface area (Å²) in [6.45, 7) is 0. The van der Waals surface area contributed by atoms with E-state index in [2.05, 4.69) is 108 Å². The number of pyridine rings is 1. The summed E-state index contributed by atoms with van der Waals surface area (Å²) in [5.41, 5.74) is 2.56. The predicted octanol–water partition coefficient (Wildman–Crippen LogP) is 7.71. The van der Waals surface area contributed by atoms with Crippen LogP contribution in [0.3, 0.4) is 0 Å². The Morgan fingerprint density at radius 2 is 0.931 bits per heavy atom. The van der Waals surface area contributed by atoms with Crippen LogP contribution in [0, 0.1) is 0 Å². The fourth-order valence-electron chi connectivity index (χ4n) is 4.93. The van der Waals surface area contributed by atoms with E-state index >= 15 is 0 Å². The quantitative estimate of drug-likeness (QED) is 0.191. The van der Waals surface area contributed by atoms with Gasteiger partial charge in [-0.15, -0.1) is 0 Å². The number of hydrogen-bond donors (Lipinski definition) is 0.